The number of aromatic nitrogens is 2. The zero-order chi connectivity index (χ0) is 19.5. The molecule has 2 aliphatic rings. The number of carbonyl (C=O) groups is 1. The molecule has 9 nitrogen and oxygen atoms in total. The molecule has 2 fully saturated rings. The van der Waals surface area contributed by atoms with Crippen LogP contribution in [0.3, 0.4) is 0 Å². The highest BCUT2D eigenvalue weighted by Gasteiger charge is 2.53. The second kappa shape index (κ2) is 8.22. The van der Waals surface area contributed by atoms with Crippen molar-refractivity contribution in [2.45, 2.75) is 63.8 Å². The van der Waals surface area contributed by atoms with E-state index in [1.54, 1.807) is 6.92 Å². The number of aryl methyl sites for hydroxylation is 1. The number of carbonyl (C=O) groups excluding carboxylic acids is 1. The van der Waals surface area contributed by atoms with Gasteiger partial charge in [-0.25, -0.2) is 0 Å². The molecule has 2 atom stereocenters. The summed E-state index contributed by atoms with van der Waals surface area (Å²) in [6.45, 7) is 8.63. The molecule has 1 spiro atoms. The fraction of sp³-hybridized carbons (Fsp3) is 0.833. The van der Waals surface area contributed by atoms with E-state index < -0.39 is 17.2 Å². The van der Waals surface area contributed by atoms with Crippen molar-refractivity contribution >= 4 is 5.91 Å². The van der Waals surface area contributed by atoms with Gasteiger partial charge >= 0.3 is 0 Å². The Hall–Kier alpha value is -1.55. The van der Waals surface area contributed by atoms with Crippen molar-refractivity contribution < 1.29 is 23.9 Å². The highest BCUT2D eigenvalue weighted by atomic mass is 16.5. The second-order valence-corrected chi connectivity index (χ2v) is 7.67. The van der Waals surface area contributed by atoms with E-state index in [0.29, 0.717) is 50.7 Å². The van der Waals surface area contributed by atoms with E-state index in [-0.39, 0.29) is 12.5 Å². The van der Waals surface area contributed by atoms with Crippen molar-refractivity contribution in [3.63, 3.8) is 0 Å². The lowest BCUT2D eigenvalue weighted by Gasteiger charge is -2.53. The van der Waals surface area contributed by atoms with Crippen LogP contribution in [0.1, 0.15) is 44.8 Å². The minimum absolute atomic E-state index is 0.00453. The predicted molar refractivity (Wildman–Crippen MR) is 95.9 cm³/mol. The number of ether oxygens (including phenoxy) is 2. The Balaban J connectivity index is 1.60. The van der Waals surface area contributed by atoms with Gasteiger partial charge in [-0.3, -0.25) is 9.69 Å². The SMILES string of the molecule is CCOCC(=O)N[C@]1(C)CCOC2(CCN(Cc3noc(C)n3)CC2)[C@H]1O. The molecule has 152 valence electrons. The maximum atomic E-state index is 12.1. The van der Waals surface area contributed by atoms with Gasteiger partial charge in [0.05, 0.1) is 17.7 Å². The smallest absolute Gasteiger partial charge is 0.246 e. The third-order valence-electron chi connectivity index (χ3n) is 5.61. The first kappa shape index (κ1) is 20.2. The average molecular weight is 382 g/mol. The zero-order valence-corrected chi connectivity index (χ0v) is 16.4. The first-order chi connectivity index (χ1) is 12.9. The van der Waals surface area contributed by atoms with Crippen LogP contribution < -0.4 is 5.32 Å². The quantitative estimate of drug-likeness (QED) is 0.728. The topological polar surface area (TPSA) is 110 Å². The van der Waals surface area contributed by atoms with Crippen molar-refractivity contribution in [1.29, 1.82) is 0 Å². The normalized spacial score (nSPS) is 28.4. The molecule has 0 aliphatic carbocycles. The molecule has 2 saturated heterocycles. The lowest BCUT2D eigenvalue weighted by molar-refractivity contribution is -0.208. The second-order valence-electron chi connectivity index (χ2n) is 7.67. The van der Waals surface area contributed by atoms with E-state index in [2.05, 4.69) is 20.4 Å². The van der Waals surface area contributed by atoms with Crippen LogP contribution in [0.4, 0.5) is 0 Å². The van der Waals surface area contributed by atoms with E-state index in [4.69, 9.17) is 14.0 Å². The molecular weight excluding hydrogens is 352 g/mol. The first-order valence-electron chi connectivity index (χ1n) is 9.59. The van der Waals surface area contributed by atoms with Crippen LogP contribution in [0.15, 0.2) is 4.52 Å². The fourth-order valence-corrected chi connectivity index (χ4v) is 4.06. The van der Waals surface area contributed by atoms with Crippen LogP contribution in [0.2, 0.25) is 0 Å². The van der Waals surface area contributed by atoms with Crippen LogP contribution in [0.5, 0.6) is 0 Å². The summed E-state index contributed by atoms with van der Waals surface area (Å²) in [7, 11) is 0. The maximum absolute atomic E-state index is 12.1. The van der Waals surface area contributed by atoms with Crippen LogP contribution >= 0.6 is 0 Å². The summed E-state index contributed by atoms with van der Waals surface area (Å²) in [5.41, 5.74) is -1.37. The Morgan fingerprint density at radius 3 is 2.78 bits per heavy atom. The molecule has 0 unspecified atom stereocenters. The van der Waals surface area contributed by atoms with Gasteiger partial charge in [-0.15, -0.1) is 0 Å². The molecule has 0 aromatic carbocycles. The lowest BCUT2D eigenvalue weighted by Crippen LogP contribution is -2.69. The summed E-state index contributed by atoms with van der Waals surface area (Å²) in [5, 5.41) is 18.0. The number of nitrogens with zero attached hydrogens (tertiary/aromatic N) is 3. The van der Waals surface area contributed by atoms with E-state index in [1.807, 2.05) is 13.8 Å². The zero-order valence-electron chi connectivity index (χ0n) is 16.4. The van der Waals surface area contributed by atoms with Gasteiger partial charge in [0.1, 0.15) is 12.7 Å². The molecule has 9 heteroatoms. The van der Waals surface area contributed by atoms with Crippen molar-refractivity contribution in [1.82, 2.24) is 20.4 Å². The average Bonchev–Trinajstić information content (AvgIpc) is 3.05. The summed E-state index contributed by atoms with van der Waals surface area (Å²) < 4.78 is 16.3. The minimum atomic E-state index is -0.779. The van der Waals surface area contributed by atoms with Gasteiger partial charge < -0.3 is 24.4 Å². The summed E-state index contributed by atoms with van der Waals surface area (Å²) >= 11 is 0. The number of nitrogens with one attached hydrogen (secondary N) is 1. The van der Waals surface area contributed by atoms with Crippen LogP contribution in [0.25, 0.3) is 0 Å². The van der Waals surface area contributed by atoms with Gasteiger partial charge in [-0.1, -0.05) is 5.16 Å². The van der Waals surface area contributed by atoms with E-state index in [0.717, 1.165) is 13.1 Å². The molecule has 1 amide bonds. The molecule has 2 N–H and O–H groups in total. The number of aliphatic hydroxyl groups is 1. The van der Waals surface area contributed by atoms with Crippen molar-refractivity contribution in [3.05, 3.63) is 11.7 Å². The molecule has 1 aromatic heterocycles. The number of likely N-dealkylation sites (tertiary alicyclic amines) is 1. The van der Waals surface area contributed by atoms with Gasteiger partial charge in [-0.05, 0) is 33.1 Å². The number of hydrogen-bond acceptors (Lipinski definition) is 8. The Morgan fingerprint density at radius 2 is 2.15 bits per heavy atom. The Kier molecular flexibility index (Phi) is 6.15. The molecule has 27 heavy (non-hydrogen) atoms. The van der Waals surface area contributed by atoms with Crippen molar-refractivity contribution in [2.24, 2.45) is 0 Å². The molecular formula is C18H30N4O5. The van der Waals surface area contributed by atoms with Gasteiger partial charge in [0.25, 0.3) is 0 Å². The standard InChI is InChI=1S/C18H30N4O5/c1-4-25-12-15(23)20-17(3)7-10-26-18(16(17)24)5-8-22(9-6-18)11-14-19-13(2)27-21-14/h16,24H,4-12H2,1-3H3,(H,20,23)/t16-,17+/m0/s1. The van der Waals surface area contributed by atoms with Gasteiger partial charge in [0, 0.05) is 33.2 Å². The van der Waals surface area contributed by atoms with Gasteiger partial charge in [-0.2, -0.15) is 4.98 Å². The maximum Gasteiger partial charge on any atom is 0.246 e. The van der Waals surface area contributed by atoms with Crippen LogP contribution in [-0.4, -0.2) is 76.2 Å². The Bertz CT molecular complexity index is 643. The third-order valence-corrected chi connectivity index (χ3v) is 5.61. The van der Waals surface area contributed by atoms with E-state index in [9.17, 15) is 9.90 Å². The minimum Gasteiger partial charge on any atom is -0.388 e. The molecule has 1 aromatic rings. The number of rotatable bonds is 6. The fourth-order valence-electron chi connectivity index (χ4n) is 4.06. The van der Waals surface area contributed by atoms with E-state index >= 15 is 0 Å². The monoisotopic (exact) mass is 382 g/mol. The number of aliphatic hydroxyl groups excluding tert-OH is 1. The number of amides is 1. The number of piperidine rings is 1. The molecule has 0 radical (unpaired) electrons. The largest absolute Gasteiger partial charge is 0.388 e. The molecule has 2 aliphatic heterocycles. The van der Waals surface area contributed by atoms with Crippen LogP contribution in [0, 0.1) is 6.92 Å². The molecule has 3 heterocycles. The molecule has 3 rings (SSSR count). The lowest BCUT2D eigenvalue weighted by atomic mass is 9.73. The summed E-state index contributed by atoms with van der Waals surface area (Å²) in [6, 6.07) is 0. The van der Waals surface area contributed by atoms with Gasteiger partial charge in [0.15, 0.2) is 5.82 Å². The third kappa shape index (κ3) is 4.48. The first-order valence-corrected chi connectivity index (χ1v) is 9.59. The summed E-state index contributed by atoms with van der Waals surface area (Å²) in [4.78, 5) is 18.6. The van der Waals surface area contributed by atoms with Crippen molar-refractivity contribution in [3.8, 4) is 0 Å². The van der Waals surface area contributed by atoms with Crippen molar-refractivity contribution in [2.75, 3.05) is 32.9 Å². The van der Waals surface area contributed by atoms with Gasteiger partial charge in [0.2, 0.25) is 11.8 Å². The summed E-state index contributed by atoms with van der Waals surface area (Å²) in [5.74, 6) is 1.02. The number of hydrogen-bond donors (Lipinski definition) is 2. The summed E-state index contributed by atoms with van der Waals surface area (Å²) in [6.07, 6.45) is 1.16. The van der Waals surface area contributed by atoms with Crippen LogP contribution in [-0.2, 0) is 20.8 Å². The highest BCUT2D eigenvalue weighted by Crippen LogP contribution is 2.40. The predicted octanol–water partition coefficient (Wildman–Crippen LogP) is 0.405. The Labute approximate surface area is 159 Å². The Morgan fingerprint density at radius 1 is 1.41 bits per heavy atom. The van der Waals surface area contributed by atoms with E-state index in [1.165, 1.54) is 0 Å². The molecule has 0 bridgehead atoms. The molecule has 0 saturated carbocycles. The highest BCUT2D eigenvalue weighted by molar-refractivity contribution is 5.78.